The predicted octanol–water partition coefficient (Wildman–Crippen LogP) is 4.13. The van der Waals surface area contributed by atoms with Crippen molar-refractivity contribution in [3.63, 3.8) is 0 Å². The van der Waals surface area contributed by atoms with Crippen LogP contribution in [-0.2, 0) is 15.3 Å². The number of carboxylic acids is 1. The van der Waals surface area contributed by atoms with Crippen LogP contribution in [0.15, 0.2) is 53.4 Å². The number of hydrogen-bond acceptors (Lipinski definition) is 5. The maximum atomic E-state index is 12.2. The van der Waals surface area contributed by atoms with Crippen molar-refractivity contribution < 1.29 is 19.4 Å². The fourth-order valence-corrected chi connectivity index (χ4v) is 3.75. The van der Waals surface area contributed by atoms with Crippen LogP contribution >= 0.6 is 23.5 Å². The van der Waals surface area contributed by atoms with Gasteiger partial charge in [-0.25, -0.2) is 0 Å². The van der Waals surface area contributed by atoms with Crippen LogP contribution in [0.1, 0.15) is 12.0 Å². The van der Waals surface area contributed by atoms with Crippen molar-refractivity contribution in [1.82, 2.24) is 0 Å². The fraction of sp³-hybridized carbons (Fsp3) is 0.263. The summed E-state index contributed by atoms with van der Waals surface area (Å²) in [4.78, 5) is 23.6. The third-order valence-electron chi connectivity index (χ3n) is 3.35. The molecule has 1 amide bonds. The number of anilines is 1. The number of hydrogen-bond donors (Lipinski definition) is 2. The van der Waals surface area contributed by atoms with E-state index in [1.165, 1.54) is 11.8 Å². The molecule has 0 bridgehead atoms. The van der Waals surface area contributed by atoms with E-state index in [4.69, 9.17) is 9.84 Å². The van der Waals surface area contributed by atoms with Gasteiger partial charge in [-0.05, 0) is 35.9 Å². The molecule has 2 N–H and O–H groups in total. The van der Waals surface area contributed by atoms with E-state index in [1.54, 1.807) is 18.9 Å². The average Bonchev–Trinajstić information content (AvgIpc) is 2.64. The molecule has 0 radical (unpaired) electrons. The molecule has 0 unspecified atom stereocenters. The second-order valence-electron chi connectivity index (χ2n) is 5.41. The number of thioether (sulfide) groups is 2. The third kappa shape index (κ3) is 7.41. The maximum absolute atomic E-state index is 12.2. The van der Waals surface area contributed by atoms with Crippen molar-refractivity contribution in [1.29, 1.82) is 0 Å². The third-order valence-corrected chi connectivity index (χ3v) is 5.37. The summed E-state index contributed by atoms with van der Waals surface area (Å²) in [6.07, 6.45) is 0.155. The van der Waals surface area contributed by atoms with Gasteiger partial charge >= 0.3 is 5.97 Å². The summed E-state index contributed by atoms with van der Waals surface area (Å²) >= 11 is 3.01. The van der Waals surface area contributed by atoms with Crippen LogP contribution in [0.3, 0.4) is 0 Å². The number of rotatable bonds is 10. The summed E-state index contributed by atoms with van der Waals surface area (Å²) in [5.41, 5.74) is 1.80. The first-order valence-corrected chi connectivity index (χ1v) is 10.2. The van der Waals surface area contributed by atoms with Crippen molar-refractivity contribution in [2.45, 2.75) is 17.1 Å². The Kier molecular flexibility index (Phi) is 8.37. The molecule has 7 heteroatoms. The van der Waals surface area contributed by atoms with Gasteiger partial charge in [-0.15, -0.1) is 11.8 Å². The van der Waals surface area contributed by atoms with Gasteiger partial charge in [0.05, 0.1) is 19.3 Å². The van der Waals surface area contributed by atoms with E-state index in [2.05, 4.69) is 5.32 Å². The monoisotopic (exact) mass is 391 g/mol. The van der Waals surface area contributed by atoms with Crippen LogP contribution < -0.4 is 10.1 Å². The van der Waals surface area contributed by atoms with Crippen molar-refractivity contribution >= 4 is 41.1 Å². The summed E-state index contributed by atoms with van der Waals surface area (Å²) in [6, 6.07) is 15.2. The zero-order chi connectivity index (χ0) is 18.8. The molecule has 0 spiro atoms. The van der Waals surface area contributed by atoms with Gasteiger partial charge in [0.15, 0.2) is 0 Å². The second-order valence-corrected chi connectivity index (χ2v) is 7.57. The smallest absolute Gasteiger partial charge is 0.304 e. The minimum Gasteiger partial charge on any atom is -0.497 e. The molecule has 2 rings (SSSR count). The van der Waals surface area contributed by atoms with Gasteiger partial charge in [0, 0.05) is 22.1 Å². The van der Waals surface area contributed by atoms with Crippen LogP contribution in [0.5, 0.6) is 5.75 Å². The van der Waals surface area contributed by atoms with E-state index in [1.807, 2.05) is 48.5 Å². The predicted molar refractivity (Wildman–Crippen MR) is 107 cm³/mol. The largest absolute Gasteiger partial charge is 0.497 e. The summed E-state index contributed by atoms with van der Waals surface area (Å²) in [6.45, 7) is 0. The Labute approximate surface area is 161 Å². The zero-order valence-corrected chi connectivity index (χ0v) is 16.1. The standard InChI is InChI=1S/C19H21NO4S2/c1-24-16-6-3-7-17(11-16)26-13-18(21)20-15-5-2-4-14(10-15)12-25-9-8-19(22)23/h2-7,10-11H,8-9,12-13H2,1H3,(H,20,21)(H,22,23). The van der Waals surface area contributed by atoms with Crippen molar-refractivity contribution in [3.05, 3.63) is 54.1 Å². The molecule has 0 fully saturated rings. The van der Waals surface area contributed by atoms with Gasteiger partial charge in [0.1, 0.15) is 5.75 Å². The first-order chi connectivity index (χ1) is 12.6. The number of carbonyl (C=O) groups is 2. The van der Waals surface area contributed by atoms with Gasteiger partial charge < -0.3 is 15.2 Å². The molecule has 0 saturated carbocycles. The minimum atomic E-state index is -0.785. The highest BCUT2D eigenvalue weighted by Crippen LogP contribution is 2.23. The Morgan fingerprint density at radius 3 is 2.73 bits per heavy atom. The number of amides is 1. The summed E-state index contributed by atoms with van der Waals surface area (Å²) in [7, 11) is 1.61. The lowest BCUT2D eigenvalue weighted by Crippen LogP contribution is -2.14. The van der Waals surface area contributed by atoms with Gasteiger partial charge in [0.25, 0.3) is 0 Å². The molecule has 2 aromatic carbocycles. The van der Waals surface area contributed by atoms with Crippen molar-refractivity contribution in [3.8, 4) is 5.75 Å². The first-order valence-electron chi connectivity index (χ1n) is 8.02. The molecule has 0 aromatic heterocycles. The Hall–Kier alpha value is -2.12. The van der Waals surface area contributed by atoms with E-state index in [0.29, 0.717) is 11.5 Å². The highest BCUT2D eigenvalue weighted by molar-refractivity contribution is 8.00. The molecule has 0 aliphatic heterocycles. The molecule has 26 heavy (non-hydrogen) atoms. The van der Waals surface area contributed by atoms with Crippen LogP contribution in [0.2, 0.25) is 0 Å². The average molecular weight is 392 g/mol. The molecule has 5 nitrogen and oxygen atoms in total. The Morgan fingerprint density at radius 1 is 1.15 bits per heavy atom. The van der Waals surface area contributed by atoms with Gasteiger partial charge in [0.2, 0.25) is 5.91 Å². The fourth-order valence-electron chi connectivity index (χ4n) is 2.13. The van der Waals surface area contributed by atoms with Gasteiger partial charge in [-0.2, -0.15) is 11.8 Å². The first kappa shape index (κ1) is 20.2. The molecule has 0 heterocycles. The number of carboxylic acid groups (broad SMARTS) is 1. The molecule has 0 aliphatic rings. The molecular weight excluding hydrogens is 370 g/mol. The number of carbonyl (C=O) groups excluding carboxylic acids is 1. The molecule has 138 valence electrons. The summed E-state index contributed by atoms with van der Waals surface area (Å²) in [5.74, 6) is 1.51. The van der Waals surface area contributed by atoms with Crippen LogP contribution in [0.25, 0.3) is 0 Å². The van der Waals surface area contributed by atoms with E-state index < -0.39 is 5.97 Å². The normalized spacial score (nSPS) is 10.3. The molecule has 0 aliphatic carbocycles. The van der Waals surface area contributed by atoms with Gasteiger partial charge in [-0.1, -0.05) is 18.2 Å². The van der Waals surface area contributed by atoms with E-state index in [9.17, 15) is 9.59 Å². The summed E-state index contributed by atoms with van der Waals surface area (Å²) < 4.78 is 5.18. The molecule has 2 aromatic rings. The zero-order valence-electron chi connectivity index (χ0n) is 14.4. The second kappa shape index (κ2) is 10.8. The van der Waals surface area contributed by atoms with Crippen LogP contribution in [0.4, 0.5) is 5.69 Å². The lowest BCUT2D eigenvalue weighted by Gasteiger charge is -2.08. The Balaban J connectivity index is 1.80. The lowest BCUT2D eigenvalue weighted by molar-refractivity contribution is -0.136. The number of methoxy groups -OCH3 is 1. The van der Waals surface area contributed by atoms with Crippen molar-refractivity contribution in [2.75, 3.05) is 23.9 Å². The van der Waals surface area contributed by atoms with Crippen molar-refractivity contribution in [2.24, 2.45) is 0 Å². The highest BCUT2D eigenvalue weighted by atomic mass is 32.2. The summed E-state index contributed by atoms with van der Waals surface area (Å²) in [5, 5.41) is 11.5. The lowest BCUT2D eigenvalue weighted by atomic mass is 10.2. The molecule has 0 atom stereocenters. The molecular formula is C19H21NO4S2. The number of ether oxygens (including phenoxy) is 1. The highest BCUT2D eigenvalue weighted by Gasteiger charge is 2.06. The quantitative estimate of drug-likeness (QED) is 0.468. The topological polar surface area (TPSA) is 75.6 Å². The number of nitrogens with one attached hydrogen (secondary N) is 1. The molecule has 0 saturated heterocycles. The van der Waals surface area contributed by atoms with E-state index in [-0.39, 0.29) is 12.3 Å². The minimum absolute atomic E-state index is 0.0755. The Bertz CT molecular complexity index is 752. The van der Waals surface area contributed by atoms with Crippen LogP contribution in [0, 0.1) is 0 Å². The van der Waals surface area contributed by atoms with E-state index in [0.717, 1.165) is 27.6 Å². The number of benzene rings is 2. The maximum Gasteiger partial charge on any atom is 0.304 e. The Morgan fingerprint density at radius 2 is 1.96 bits per heavy atom. The van der Waals surface area contributed by atoms with E-state index >= 15 is 0 Å². The van der Waals surface area contributed by atoms with Gasteiger partial charge in [-0.3, -0.25) is 9.59 Å². The SMILES string of the molecule is COc1cccc(SCC(=O)Nc2cccc(CSCCC(=O)O)c2)c1. The number of aliphatic carboxylic acids is 1. The van der Waals surface area contributed by atoms with Crippen LogP contribution in [-0.4, -0.2) is 35.6 Å².